The summed E-state index contributed by atoms with van der Waals surface area (Å²) >= 11 is 1.86. The van der Waals surface area contributed by atoms with Gasteiger partial charge in [-0.15, -0.1) is 0 Å². The van der Waals surface area contributed by atoms with E-state index in [-0.39, 0.29) is 0 Å². The van der Waals surface area contributed by atoms with Crippen LogP contribution in [-0.2, 0) is 10.0 Å². The Kier molecular flexibility index (Phi) is 12.0. The highest BCUT2D eigenvalue weighted by Gasteiger charge is 1.99. The van der Waals surface area contributed by atoms with Crippen molar-refractivity contribution in [3.8, 4) is 0 Å². The first-order chi connectivity index (χ1) is 9.49. The van der Waals surface area contributed by atoms with Crippen LogP contribution in [0.4, 0.5) is 0 Å². The van der Waals surface area contributed by atoms with E-state index >= 15 is 0 Å². The standard InChI is InChI=1S/C12H28N4O2S2/c1-4-13-12(14-8-5-6-11-19-2)15-9-7-10-16-20(3,17)18/h16H,4-11H2,1-3H3,(H2,13,14,15). The third kappa shape index (κ3) is 14.0. The molecule has 120 valence electrons. The molecule has 0 heterocycles. The Bertz CT molecular complexity index is 358. The number of unbranched alkanes of at least 4 members (excludes halogenated alkanes) is 1. The second kappa shape index (κ2) is 12.3. The molecule has 0 unspecified atom stereocenters. The number of rotatable bonds is 11. The molecule has 0 rings (SSSR count). The van der Waals surface area contributed by atoms with Crippen molar-refractivity contribution in [3.63, 3.8) is 0 Å². The van der Waals surface area contributed by atoms with Crippen molar-refractivity contribution in [1.29, 1.82) is 0 Å². The molecule has 8 heteroatoms. The first kappa shape index (κ1) is 19.5. The summed E-state index contributed by atoms with van der Waals surface area (Å²) in [7, 11) is -3.09. The molecule has 0 aliphatic carbocycles. The van der Waals surface area contributed by atoms with E-state index in [0.29, 0.717) is 19.5 Å². The summed E-state index contributed by atoms with van der Waals surface area (Å²) in [5.41, 5.74) is 0. The summed E-state index contributed by atoms with van der Waals surface area (Å²) in [6.07, 6.45) is 6.29. The molecule has 0 spiro atoms. The van der Waals surface area contributed by atoms with Crippen molar-refractivity contribution >= 4 is 27.7 Å². The number of guanidine groups is 1. The van der Waals surface area contributed by atoms with Gasteiger partial charge in [-0.05, 0) is 38.2 Å². The molecule has 0 amide bonds. The Morgan fingerprint density at radius 1 is 1.15 bits per heavy atom. The van der Waals surface area contributed by atoms with Crippen LogP contribution in [0.5, 0.6) is 0 Å². The summed E-state index contributed by atoms with van der Waals surface area (Å²) < 4.78 is 24.2. The number of nitrogens with one attached hydrogen (secondary N) is 3. The summed E-state index contributed by atoms with van der Waals surface area (Å²) in [5, 5.41) is 6.45. The molecule has 0 saturated heterocycles. The van der Waals surface area contributed by atoms with Gasteiger partial charge in [0.2, 0.25) is 10.0 Å². The highest BCUT2D eigenvalue weighted by molar-refractivity contribution is 7.98. The largest absolute Gasteiger partial charge is 0.357 e. The minimum absolute atomic E-state index is 0.426. The van der Waals surface area contributed by atoms with Crippen molar-refractivity contribution in [2.45, 2.75) is 26.2 Å². The molecule has 0 saturated carbocycles. The van der Waals surface area contributed by atoms with E-state index in [1.165, 1.54) is 12.2 Å². The SMILES string of the molecule is CCNC(=NCCCNS(C)(=O)=O)NCCCCSC. The zero-order chi connectivity index (χ0) is 15.3. The third-order valence-corrected chi connectivity index (χ3v) is 3.81. The minimum Gasteiger partial charge on any atom is -0.357 e. The van der Waals surface area contributed by atoms with Crippen molar-refractivity contribution in [2.24, 2.45) is 4.99 Å². The van der Waals surface area contributed by atoms with Crippen LogP contribution in [0.15, 0.2) is 4.99 Å². The lowest BCUT2D eigenvalue weighted by Crippen LogP contribution is -2.38. The number of aliphatic imine (C=N–C) groups is 1. The summed E-state index contributed by atoms with van der Waals surface area (Å²) in [5.74, 6) is 1.99. The van der Waals surface area contributed by atoms with Crippen molar-refractivity contribution in [2.75, 3.05) is 44.4 Å². The minimum atomic E-state index is -3.09. The van der Waals surface area contributed by atoms with E-state index in [2.05, 4.69) is 26.6 Å². The normalized spacial score (nSPS) is 12.4. The van der Waals surface area contributed by atoms with Crippen LogP contribution in [-0.4, -0.2) is 58.8 Å². The molecule has 0 radical (unpaired) electrons. The van der Waals surface area contributed by atoms with Crippen LogP contribution in [0.1, 0.15) is 26.2 Å². The zero-order valence-electron chi connectivity index (χ0n) is 12.7. The van der Waals surface area contributed by atoms with Gasteiger partial charge in [-0.1, -0.05) is 0 Å². The molecule has 0 aromatic heterocycles. The van der Waals surface area contributed by atoms with Gasteiger partial charge in [0.15, 0.2) is 5.96 Å². The zero-order valence-corrected chi connectivity index (χ0v) is 14.4. The van der Waals surface area contributed by atoms with Crippen LogP contribution in [0.25, 0.3) is 0 Å². The summed E-state index contributed by atoms with van der Waals surface area (Å²) in [6.45, 7) is 4.78. The molecule has 0 aliphatic rings. The molecule has 6 nitrogen and oxygen atoms in total. The smallest absolute Gasteiger partial charge is 0.208 e. The lowest BCUT2D eigenvalue weighted by atomic mass is 10.3. The van der Waals surface area contributed by atoms with Crippen molar-refractivity contribution < 1.29 is 8.42 Å². The van der Waals surface area contributed by atoms with Gasteiger partial charge in [0, 0.05) is 26.2 Å². The molecule has 3 N–H and O–H groups in total. The average Bonchev–Trinajstić information content (AvgIpc) is 2.36. The first-order valence-corrected chi connectivity index (χ1v) is 10.2. The number of sulfonamides is 1. The Morgan fingerprint density at radius 2 is 1.90 bits per heavy atom. The number of hydrogen-bond donors (Lipinski definition) is 3. The van der Waals surface area contributed by atoms with Crippen molar-refractivity contribution in [1.82, 2.24) is 15.4 Å². The van der Waals surface area contributed by atoms with Crippen LogP contribution in [0, 0.1) is 0 Å². The lowest BCUT2D eigenvalue weighted by Gasteiger charge is -2.11. The first-order valence-electron chi connectivity index (χ1n) is 6.95. The molecular formula is C12H28N4O2S2. The van der Waals surface area contributed by atoms with Gasteiger partial charge in [-0.25, -0.2) is 13.1 Å². The predicted molar refractivity (Wildman–Crippen MR) is 89.1 cm³/mol. The monoisotopic (exact) mass is 324 g/mol. The maximum Gasteiger partial charge on any atom is 0.208 e. The van der Waals surface area contributed by atoms with Crippen molar-refractivity contribution in [3.05, 3.63) is 0 Å². The molecule has 0 aliphatic heterocycles. The van der Waals surface area contributed by atoms with E-state index in [4.69, 9.17) is 0 Å². The Morgan fingerprint density at radius 3 is 2.50 bits per heavy atom. The molecule has 0 aromatic carbocycles. The fraction of sp³-hybridized carbons (Fsp3) is 0.917. The van der Waals surface area contributed by atoms with E-state index in [9.17, 15) is 8.42 Å². The second-order valence-electron chi connectivity index (χ2n) is 4.41. The topological polar surface area (TPSA) is 82.6 Å². The van der Waals surface area contributed by atoms with Gasteiger partial charge in [-0.2, -0.15) is 11.8 Å². The Balaban J connectivity index is 3.83. The van der Waals surface area contributed by atoms with Gasteiger partial charge in [0.25, 0.3) is 0 Å². The summed E-state index contributed by atoms with van der Waals surface area (Å²) in [6, 6.07) is 0. The molecule has 0 bridgehead atoms. The van der Waals surface area contributed by atoms with Crippen LogP contribution in [0.2, 0.25) is 0 Å². The van der Waals surface area contributed by atoms with E-state index in [1.54, 1.807) is 0 Å². The van der Waals surface area contributed by atoms with Crippen LogP contribution >= 0.6 is 11.8 Å². The third-order valence-electron chi connectivity index (χ3n) is 2.38. The Labute approximate surface area is 127 Å². The number of nitrogens with zero attached hydrogens (tertiary/aromatic N) is 1. The average molecular weight is 325 g/mol. The fourth-order valence-electron chi connectivity index (χ4n) is 1.45. The fourth-order valence-corrected chi connectivity index (χ4v) is 2.46. The molecule has 20 heavy (non-hydrogen) atoms. The van der Waals surface area contributed by atoms with Gasteiger partial charge in [-0.3, -0.25) is 4.99 Å². The van der Waals surface area contributed by atoms with Gasteiger partial charge in [0.05, 0.1) is 6.26 Å². The van der Waals surface area contributed by atoms with E-state index < -0.39 is 10.0 Å². The van der Waals surface area contributed by atoms with Crippen LogP contribution in [0.3, 0.4) is 0 Å². The van der Waals surface area contributed by atoms with Gasteiger partial charge < -0.3 is 10.6 Å². The quantitative estimate of drug-likeness (QED) is 0.295. The molecule has 0 aromatic rings. The molecule has 0 fully saturated rings. The van der Waals surface area contributed by atoms with Gasteiger partial charge >= 0.3 is 0 Å². The molecule has 0 atom stereocenters. The highest BCUT2D eigenvalue weighted by Crippen LogP contribution is 1.97. The van der Waals surface area contributed by atoms with E-state index in [0.717, 1.165) is 31.7 Å². The number of thioether (sulfide) groups is 1. The summed E-state index contributed by atoms with van der Waals surface area (Å²) in [4.78, 5) is 4.41. The highest BCUT2D eigenvalue weighted by atomic mass is 32.2. The van der Waals surface area contributed by atoms with E-state index in [1.807, 2.05) is 18.7 Å². The Hall–Kier alpha value is -0.470. The van der Waals surface area contributed by atoms with Gasteiger partial charge in [0.1, 0.15) is 0 Å². The predicted octanol–water partition coefficient (Wildman–Crippen LogP) is 0.624. The van der Waals surface area contributed by atoms with Crippen LogP contribution < -0.4 is 15.4 Å². The lowest BCUT2D eigenvalue weighted by molar-refractivity contribution is 0.585. The molecular weight excluding hydrogens is 296 g/mol. The second-order valence-corrected chi connectivity index (χ2v) is 7.23. The maximum atomic E-state index is 10.9. The maximum absolute atomic E-state index is 10.9. The number of hydrogen-bond acceptors (Lipinski definition) is 4.